The number of hydrogen-bond donors (Lipinski definition) is 1. The maximum absolute atomic E-state index is 12.9. The van der Waals surface area contributed by atoms with E-state index in [9.17, 15) is 19.5 Å². The highest BCUT2D eigenvalue weighted by Crippen LogP contribution is 2.35. The van der Waals surface area contributed by atoms with Crippen molar-refractivity contribution in [2.45, 2.75) is 6.92 Å². The SMILES string of the molecule is COc1cc(/C=C2\N=C(c3ccccc3)N(CC(=O)O)C2=O)cc(I)c1OC(C)=O. The molecule has 1 amide bonds. The van der Waals surface area contributed by atoms with Crippen LogP contribution in [0, 0.1) is 3.57 Å². The lowest BCUT2D eigenvalue weighted by atomic mass is 10.1. The Morgan fingerprint density at radius 1 is 1.23 bits per heavy atom. The number of amidine groups is 1. The number of carbonyl (C=O) groups excluding carboxylic acids is 2. The van der Waals surface area contributed by atoms with E-state index in [4.69, 9.17) is 9.47 Å². The number of nitrogens with zero attached hydrogens (tertiary/aromatic N) is 2. The van der Waals surface area contributed by atoms with Gasteiger partial charge in [-0.3, -0.25) is 19.3 Å². The molecule has 0 radical (unpaired) electrons. The average Bonchev–Trinajstić information content (AvgIpc) is 2.99. The van der Waals surface area contributed by atoms with E-state index in [1.807, 2.05) is 28.7 Å². The van der Waals surface area contributed by atoms with Gasteiger partial charge in [-0.2, -0.15) is 0 Å². The van der Waals surface area contributed by atoms with Crippen molar-refractivity contribution in [2.75, 3.05) is 13.7 Å². The van der Waals surface area contributed by atoms with Gasteiger partial charge < -0.3 is 14.6 Å². The van der Waals surface area contributed by atoms with Gasteiger partial charge in [0.2, 0.25) is 0 Å². The van der Waals surface area contributed by atoms with E-state index in [-0.39, 0.29) is 17.3 Å². The van der Waals surface area contributed by atoms with Crippen LogP contribution in [0.2, 0.25) is 0 Å². The lowest BCUT2D eigenvalue weighted by molar-refractivity contribution is -0.140. The van der Waals surface area contributed by atoms with E-state index in [0.717, 1.165) is 4.90 Å². The molecule has 0 fully saturated rings. The molecule has 0 atom stereocenters. The van der Waals surface area contributed by atoms with Crippen LogP contribution in [-0.4, -0.2) is 47.3 Å². The van der Waals surface area contributed by atoms with Gasteiger partial charge in [0.25, 0.3) is 5.91 Å². The molecule has 9 heteroatoms. The van der Waals surface area contributed by atoms with E-state index in [2.05, 4.69) is 4.99 Å². The number of hydrogen-bond acceptors (Lipinski definition) is 6. The summed E-state index contributed by atoms with van der Waals surface area (Å²) in [6.07, 6.45) is 1.54. The third kappa shape index (κ3) is 4.67. The minimum Gasteiger partial charge on any atom is -0.493 e. The third-order valence-corrected chi connectivity index (χ3v) is 4.87. The summed E-state index contributed by atoms with van der Waals surface area (Å²) in [5.74, 6) is -1.27. The van der Waals surface area contributed by atoms with Crippen molar-refractivity contribution in [3.05, 3.63) is 62.9 Å². The Labute approximate surface area is 186 Å². The molecule has 1 N–H and O–H groups in total. The maximum Gasteiger partial charge on any atom is 0.323 e. The molecule has 0 spiro atoms. The van der Waals surface area contributed by atoms with Crippen LogP contribution in [0.4, 0.5) is 0 Å². The highest BCUT2D eigenvalue weighted by atomic mass is 127. The van der Waals surface area contributed by atoms with Crippen LogP contribution < -0.4 is 9.47 Å². The molecule has 0 aromatic heterocycles. The van der Waals surface area contributed by atoms with Gasteiger partial charge in [0.05, 0.1) is 10.7 Å². The van der Waals surface area contributed by atoms with Crippen LogP contribution in [0.25, 0.3) is 6.08 Å². The third-order valence-electron chi connectivity index (χ3n) is 4.07. The molecule has 0 saturated carbocycles. The molecule has 1 aliphatic heterocycles. The number of carbonyl (C=O) groups is 3. The van der Waals surface area contributed by atoms with Gasteiger partial charge in [-0.15, -0.1) is 0 Å². The molecule has 2 aromatic rings. The summed E-state index contributed by atoms with van der Waals surface area (Å²) in [6, 6.07) is 12.2. The van der Waals surface area contributed by atoms with E-state index in [1.54, 1.807) is 36.4 Å². The largest absolute Gasteiger partial charge is 0.493 e. The van der Waals surface area contributed by atoms with Crippen molar-refractivity contribution in [1.29, 1.82) is 0 Å². The van der Waals surface area contributed by atoms with Crippen molar-refractivity contribution in [3.8, 4) is 11.5 Å². The van der Waals surface area contributed by atoms with Crippen LogP contribution in [0.3, 0.4) is 0 Å². The number of rotatable bonds is 6. The molecule has 0 aliphatic carbocycles. The van der Waals surface area contributed by atoms with Crippen molar-refractivity contribution in [2.24, 2.45) is 4.99 Å². The fraction of sp³-hybridized carbons (Fsp3) is 0.143. The standard InChI is InChI=1S/C21H17IN2O6/c1-12(25)30-19-15(22)8-13(10-17(19)29-2)9-16-21(28)24(11-18(26)27)20(23-16)14-6-4-3-5-7-14/h3-10H,11H2,1-2H3,(H,26,27)/b16-9-. The molecule has 8 nitrogen and oxygen atoms in total. The van der Waals surface area contributed by atoms with Gasteiger partial charge >= 0.3 is 11.9 Å². The van der Waals surface area contributed by atoms with Crippen molar-refractivity contribution < 1.29 is 29.0 Å². The number of ether oxygens (including phenoxy) is 2. The lowest BCUT2D eigenvalue weighted by Crippen LogP contribution is -2.37. The van der Waals surface area contributed by atoms with Crippen LogP contribution in [-0.2, 0) is 14.4 Å². The topological polar surface area (TPSA) is 106 Å². The molecule has 1 aliphatic rings. The van der Waals surface area contributed by atoms with Crippen LogP contribution in [0.15, 0.2) is 53.2 Å². The first-order valence-corrected chi connectivity index (χ1v) is 9.83. The zero-order valence-corrected chi connectivity index (χ0v) is 18.2. The molecule has 0 saturated heterocycles. The number of aliphatic imine (C=N–C) groups is 1. The van der Waals surface area contributed by atoms with Crippen molar-refractivity contribution in [1.82, 2.24) is 4.90 Å². The number of carboxylic acid groups (broad SMARTS) is 1. The molecular weight excluding hydrogens is 503 g/mol. The minimum atomic E-state index is -1.14. The summed E-state index contributed by atoms with van der Waals surface area (Å²) in [4.78, 5) is 41.0. The van der Waals surface area contributed by atoms with Gasteiger partial charge in [-0.25, -0.2) is 4.99 Å². The van der Waals surface area contributed by atoms with E-state index in [0.29, 0.717) is 20.4 Å². The predicted molar refractivity (Wildman–Crippen MR) is 117 cm³/mol. The Hall–Kier alpha value is -3.21. The Balaban J connectivity index is 2.05. The highest BCUT2D eigenvalue weighted by Gasteiger charge is 2.32. The summed E-state index contributed by atoms with van der Waals surface area (Å²) < 4.78 is 11.1. The molecule has 3 rings (SSSR count). The molecule has 1 heterocycles. The monoisotopic (exact) mass is 520 g/mol. The summed E-state index contributed by atoms with van der Waals surface area (Å²) in [7, 11) is 1.44. The second-order valence-corrected chi connectivity index (χ2v) is 7.41. The number of amides is 1. The zero-order chi connectivity index (χ0) is 21.8. The van der Waals surface area contributed by atoms with Crippen LogP contribution in [0.1, 0.15) is 18.1 Å². The Morgan fingerprint density at radius 3 is 2.53 bits per heavy atom. The zero-order valence-electron chi connectivity index (χ0n) is 16.1. The maximum atomic E-state index is 12.9. The number of aliphatic carboxylic acids is 1. The highest BCUT2D eigenvalue weighted by molar-refractivity contribution is 14.1. The van der Waals surface area contributed by atoms with E-state index in [1.165, 1.54) is 20.1 Å². The first-order valence-electron chi connectivity index (χ1n) is 8.75. The summed E-state index contributed by atoms with van der Waals surface area (Å²) in [5.41, 5.74) is 1.31. The van der Waals surface area contributed by atoms with Crippen molar-refractivity contribution in [3.63, 3.8) is 0 Å². The van der Waals surface area contributed by atoms with Gasteiger partial charge in [0, 0.05) is 12.5 Å². The Bertz CT molecular complexity index is 1080. The molecular formula is C21H17IN2O6. The molecule has 0 bridgehead atoms. The molecule has 30 heavy (non-hydrogen) atoms. The van der Waals surface area contributed by atoms with Crippen molar-refractivity contribution >= 4 is 52.3 Å². The van der Waals surface area contributed by atoms with Gasteiger partial charge in [-0.1, -0.05) is 30.3 Å². The molecule has 0 unspecified atom stereocenters. The van der Waals surface area contributed by atoms with Crippen LogP contribution in [0.5, 0.6) is 11.5 Å². The summed E-state index contributed by atoms with van der Waals surface area (Å²) in [5, 5.41) is 9.21. The Morgan fingerprint density at radius 2 is 1.93 bits per heavy atom. The fourth-order valence-electron chi connectivity index (χ4n) is 2.86. The smallest absolute Gasteiger partial charge is 0.323 e. The molecule has 2 aromatic carbocycles. The van der Waals surface area contributed by atoms with E-state index >= 15 is 0 Å². The quantitative estimate of drug-likeness (QED) is 0.272. The number of benzene rings is 2. The lowest BCUT2D eigenvalue weighted by Gasteiger charge is -2.15. The minimum absolute atomic E-state index is 0.0909. The predicted octanol–water partition coefficient (Wildman–Crippen LogP) is 2.94. The van der Waals surface area contributed by atoms with Gasteiger partial charge in [0.1, 0.15) is 18.1 Å². The number of methoxy groups -OCH3 is 1. The second-order valence-electron chi connectivity index (χ2n) is 6.24. The number of carboxylic acids is 1. The Kier molecular flexibility index (Phi) is 6.50. The van der Waals surface area contributed by atoms with Gasteiger partial charge in [0.15, 0.2) is 11.5 Å². The summed E-state index contributed by atoms with van der Waals surface area (Å²) in [6.45, 7) is 0.787. The number of halogens is 1. The fourth-order valence-corrected chi connectivity index (χ4v) is 3.60. The first kappa shape index (κ1) is 21.5. The van der Waals surface area contributed by atoms with Crippen LogP contribution >= 0.6 is 22.6 Å². The number of esters is 1. The van der Waals surface area contributed by atoms with Gasteiger partial charge in [-0.05, 0) is 46.4 Å². The molecule has 154 valence electrons. The normalized spacial score (nSPS) is 14.6. The second kappa shape index (κ2) is 9.08. The first-order chi connectivity index (χ1) is 14.3. The summed E-state index contributed by atoms with van der Waals surface area (Å²) >= 11 is 2.00. The average molecular weight is 520 g/mol. The van der Waals surface area contributed by atoms with E-state index < -0.39 is 24.4 Å².